The number of rotatable bonds is 4. The van der Waals surface area contributed by atoms with E-state index in [0.717, 1.165) is 41.8 Å². The van der Waals surface area contributed by atoms with Crippen molar-refractivity contribution in [3.63, 3.8) is 0 Å². The molecule has 0 saturated carbocycles. The number of likely N-dealkylation sites (N-methyl/N-ethyl adjacent to an activating group) is 1. The Bertz CT molecular complexity index is 416. The Hall–Kier alpha value is -0.710. The number of carbonyl (C=O) groups is 1. The van der Waals surface area contributed by atoms with E-state index < -0.39 is 0 Å². The first-order chi connectivity index (χ1) is 9.15. The first-order valence-corrected chi connectivity index (χ1v) is 7.86. The first kappa shape index (κ1) is 14.7. The van der Waals surface area contributed by atoms with Gasteiger partial charge in [-0.2, -0.15) is 0 Å². The molecule has 1 aromatic rings. The lowest BCUT2D eigenvalue weighted by atomic mass is 10.3. The first-order valence-electron chi connectivity index (χ1n) is 6.50. The molecule has 1 saturated heterocycles. The molecule has 2 rings (SSSR count). The summed E-state index contributed by atoms with van der Waals surface area (Å²) < 4.78 is 0. The maximum Gasteiger partial charge on any atom is 0.223 e. The lowest BCUT2D eigenvalue weighted by molar-refractivity contribution is -0.132. The van der Waals surface area contributed by atoms with Gasteiger partial charge in [-0.15, -0.1) is 11.8 Å². The van der Waals surface area contributed by atoms with Crippen molar-refractivity contribution in [2.45, 2.75) is 11.3 Å². The number of benzene rings is 1. The molecule has 0 N–H and O–H groups in total. The van der Waals surface area contributed by atoms with E-state index in [9.17, 15) is 4.79 Å². The lowest BCUT2D eigenvalue weighted by Crippen LogP contribution is -2.47. The van der Waals surface area contributed by atoms with Crippen molar-refractivity contribution in [2.75, 3.05) is 39.0 Å². The van der Waals surface area contributed by atoms with Crippen LogP contribution < -0.4 is 0 Å². The van der Waals surface area contributed by atoms with Crippen LogP contribution in [-0.4, -0.2) is 54.7 Å². The van der Waals surface area contributed by atoms with Gasteiger partial charge in [0.05, 0.1) is 0 Å². The van der Waals surface area contributed by atoms with Crippen LogP contribution in [0, 0.1) is 0 Å². The van der Waals surface area contributed by atoms with E-state index in [0.29, 0.717) is 6.42 Å². The van der Waals surface area contributed by atoms with E-state index in [4.69, 9.17) is 11.6 Å². The van der Waals surface area contributed by atoms with Crippen molar-refractivity contribution >= 4 is 29.3 Å². The van der Waals surface area contributed by atoms with Gasteiger partial charge in [-0.25, -0.2) is 0 Å². The number of carbonyl (C=O) groups excluding carboxylic acids is 1. The normalized spacial score (nSPS) is 16.6. The third kappa shape index (κ3) is 4.71. The molecule has 19 heavy (non-hydrogen) atoms. The van der Waals surface area contributed by atoms with E-state index in [2.05, 4.69) is 11.9 Å². The molecule has 0 atom stereocenters. The van der Waals surface area contributed by atoms with E-state index in [1.54, 1.807) is 11.8 Å². The topological polar surface area (TPSA) is 23.6 Å². The van der Waals surface area contributed by atoms with Crippen LogP contribution in [0.4, 0.5) is 0 Å². The smallest absolute Gasteiger partial charge is 0.223 e. The quantitative estimate of drug-likeness (QED) is 0.798. The minimum absolute atomic E-state index is 0.273. The zero-order chi connectivity index (χ0) is 13.7. The average molecular weight is 299 g/mol. The number of hydrogen-bond donors (Lipinski definition) is 0. The van der Waals surface area contributed by atoms with Gasteiger partial charge in [0.25, 0.3) is 0 Å². The summed E-state index contributed by atoms with van der Waals surface area (Å²) in [5.74, 6) is 1.10. The maximum absolute atomic E-state index is 12.0. The molecule has 1 fully saturated rings. The van der Waals surface area contributed by atoms with Gasteiger partial charge in [0, 0.05) is 48.3 Å². The summed E-state index contributed by atoms with van der Waals surface area (Å²) in [5, 5.41) is 0.748. The van der Waals surface area contributed by atoms with Crippen molar-refractivity contribution in [3.05, 3.63) is 29.3 Å². The Balaban J connectivity index is 1.70. The van der Waals surface area contributed by atoms with E-state index in [-0.39, 0.29) is 5.91 Å². The number of amides is 1. The number of hydrogen-bond acceptors (Lipinski definition) is 3. The standard InChI is InChI=1S/C14H19ClN2OS/c1-16-7-9-17(10-8-16)14(18)6-11-19-13-4-2-12(15)3-5-13/h2-5H,6-11H2,1H3. The molecule has 0 bridgehead atoms. The predicted octanol–water partition coefficient (Wildman–Crippen LogP) is 2.60. The lowest BCUT2D eigenvalue weighted by Gasteiger charge is -2.32. The predicted molar refractivity (Wildman–Crippen MR) is 80.9 cm³/mol. The molecular formula is C14H19ClN2OS. The molecule has 1 aliphatic rings. The maximum atomic E-state index is 12.0. The molecule has 1 heterocycles. The number of piperazine rings is 1. The monoisotopic (exact) mass is 298 g/mol. The molecule has 0 aromatic heterocycles. The van der Waals surface area contributed by atoms with Crippen LogP contribution in [0.1, 0.15) is 6.42 Å². The summed E-state index contributed by atoms with van der Waals surface area (Å²) in [7, 11) is 2.10. The molecule has 0 radical (unpaired) electrons. The summed E-state index contributed by atoms with van der Waals surface area (Å²) in [6, 6.07) is 7.75. The Morgan fingerprint density at radius 2 is 1.84 bits per heavy atom. The molecule has 0 spiro atoms. The van der Waals surface area contributed by atoms with Gasteiger partial charge >= 0.3 is 0 Å². The molecule has 1 aromatic carbocycles. The van der Waals surface area contributed by atoms with Crippen molar-refractivity contribution in [1.82, 2.24) is 9.80 Å². The van der Waals surface area contributed by atoms with Crippen LogP contribution in [-0.2, 0) is 4.79 Å². The highest BCUT2D eigenvalue weighted by Crippen LogP contribution is 2.21. The Labute approximate surface area is 123 Å². The second kappa shape index (κ2) is 7.17. The highest BCUT2D eigenvalue weighted by atomic mass is 35.5. The Kier molecular flexibility index (Phi) is 5.55. The average Bonchev–Trinajstić information content (AvgIpc) is 2.41. The fourth-order valence-electron chi connectivity index (χ4n) is 2.00. The van der Waals surface area contributed by atoms with E-state index in [1.807, 2.05) is 29.2 Å². The van der Waals surface area contributed by atoms with Crippen LogP contribution in [0.15, 0.2) is 29.2 Å². The second-order valence-electron chi connectivity index (χ2n) is 4.74. The van der Waals surface area contributed by atoms with Crippen molar-refractivity contribution in [3.8, 4) is 0 Å². The van der Waals surface area contributed by atoms with Crippen LogP contribution >= 0.6 is 23.4 Å². The van der Waals surface area contributed by atoms with Crippen molar-refractivity contribution < 1.29 is 4.79 Å². The van der Waals surface area contributed by atoms with Gasteiger partial charge in [0.2, 0.25) is 5.91 Å². The van der Waals surface area contributed by atoms with E-state index in [1.165, 1.54) is 0 Å². The van der Waals surface area contributed by atoms with Gasteiger partial charge in [-0.3, -0.25) is 4.79 Å². The van der Waals surface area contributed by atoms with Crippen molar-refractivity contribution in [2.24, 2.45) is 0 Å². The largest absolute Gasteiger partial charge is 0.340 e. The fraction of sp³-hybridized carbons (Fsp3) is 0.500. The summed E-state index contributed by atoms with van der Waals surface area (Å²) in [4.78, 5) is 17.4. The number of thioether (sulfide) groups is 1. The molecule has 0 aliphatic carbocycles. The highest BCUT2D eigenvalue weighted by Gasteiger charge is 2.18. The van der Waals surface area contributed by atoms with Gasteiger partial charge in [-0.05, 0) is 31.3 Å². The third-order valence-electron chi connectivity index (χ3n) is 3.25. The van der Waals surface area contributed by atoms with Crippen LogP contribution in [0.25, 0.3) is 0 Å². The molecular weight excluding hydrogens is 280 g/mol. The summed E-state index contributed by atoms with van der Waals surface area (Å²) in [6.07, 6.45) is 0.608. The Morgan fingerprint density at radius 3 is 2.47 bits per heavy atom. The molecule has 104 valence electrons. The minimum Gasteiger partial charge on any atom is -0.340 e. The van der Waals surface area contributed by atoms with Gasteiger partial charge < -0.3 is 9.80 Å². The summed E-state index contributed by atoms with van der Waals surface area (Å²) >= 11 is 7.54. The second-order valence-corrected chi connectivity index (χ2v) is 6.34. The Morgan fingerprint density at radius 1 is 1.21 bits per heavy atom. The van der Waals surface area contributed by atoms with Crippen LogP contribution in [0.2, 0.25) is 5.02 Å². The van der Waals surface area contributed by atoms with Crippen LogP contribution in [0.5, 0.6) is 0 Å². The van der Waals surface area contributed by atoms with Gasteiger partial charge in [0.15, 0.2) is 0 Å². The zero-order valence-corrected chi connectivity index (χ0v) is 12.7. The van der Waals surface area contributed by atoms with Gasteiger partial charge in [0.1, 0.15) is 0 Å². The third-order valence-corrected chi connectivity index (χ3v) is 4.52. The van der Waals surface area contributed by atoms with Crippen LogP contribution in [0.3, 0.4) is 0 Å². The van der Waals surface area contributed by atoms with Gasteiger partial charge in [-0.1, -0.05) is 11.6 Å². The molecule has 1 amide bonds. The minimum atomic E-state index is 0.273. The molecule has 3 nitrogen and oxygen atoms in total. The summed E-state index contributed by atoms with van der Waals surface area (Å²) in [6.45, 7) is 3.69. The molecule has 1 aliphatic heterocycles. The fourth-order valence-corrected chi connectivity index (χ4v) is 2.97. The number of nitrogens with zero attached hydrogens (tertiary/aromatic N) is 2. The summed E-state index contributed by atoms with van der Waals surface area (Å²) in [5.41, 5.74) is 0. The highest BCUT2D eigenvalue weighted by molar-refractivity contribution is 7.99. The molecule has 0 unspecified atom stereocenters. The van der Waals surface area contributed by atoms with E-state index >= 15 is 0 Å². The van der Waals surface area contributed by atoms with Crippen molar-refractivity contribution in [1.29, 1.82) is 0 Å². The number of halogens is 1. The SMILES string of the molecule is CN1CCN(C(=O)CCSc2ccc(Cl)cc2)CC1. The molecule has 5 heteroatoms. The zero-order valence-electron chi connectivity index (χ0n) is 11.1.